The largest absolute Gasteiger partial charge is 0.459 e. The summed E-state index contributed by atoms with van der Waals surface area (Å²) in [6.45, 7) is 1.23. The van der Waals surface area contributed by atoms with Crippen molar-refractivity contribution in [3.63, 3.8) is 0 Å². The molecule has 1 aromatic rings. The van der Waals surface area contributed by atoms with Gasteiger partial charge in [-0.1, -0.05) is 34.8 Å². The zero-order valence-corrected chi connectivity index (χ0v) is 15.4. The van der Waals surface area contributed by atoms with Crippen molar-refractivity contribution in [3.05, 3.63) is 34.1 Å². The third-order valence-corrected chi connectivity index (χ3v) is 5.48. The normalized spacial score (nSPS) is 24.2. The lowest BCUT2D eigenvalue weighted by Crippen LogP contribution is -2.44. The highest BCUT2D eigenvalue weighted by molar-refractivity contribution is 9.10. The van der Waals surface area contributed by atoms with Crippen molar-refractivity contribution in [2.45, 2.75) is 45.3 Å². The molecule has 134 valence electrons. The van der Waals surface area contributed by atoms with E-state index in [1.165, 1.54) is 19.1 Å². The van der Waals surface area contributed by atoms with Crippen molar-refractivity contribution in [2.75, 3.05) is 0 Å². The van der Waals surface area contributed by atoms with Crippen LogP contribution in [-0.2, 0) is 25.7 Å². The number of amides is 2. The Morgan fingerprint density at radius 2 is 1.88 bits per heavy atom. The van der Waals surface area contributed by atoms with Crippen LogP contribution < -0.4 is 0 Å². The molecular weight excluding hydrogens is 393 g/mol. The van der Waals surface area contributed by atoms with Gasteiger partial charge in [-0.25, -0.2) is 9.18 Å². The predicted octanol–water partition coefficient (Wildman–Crippen LogP) is 3.20. The van der Waals surface area contributed by atoms with E-state index in [2.05, 4.69) is 15.9 Å². The Balaban J connectivity index is 1.66. The van der Waals surface area contributed by atoms with Crippen molar-refractivity contribution in [1.29, 1.82) is 0 Å². The molecule has 7 heteroatoms. The molecule has 3 rings (SSSR count). The molecule has 0 aromatic heterocycles. The third-order valence-electron chi connectivity index (χ3n) is 4.99. The van der Waals surface area contributed by atoms with Gasteiger partial charge in [0.05, 0.1) is 11.8 Å². The maximum atomic E-state index is 13.8. The van der Waals surface area contributed by atoms with Crippen molar-refractivity contribution in [2.24, 2.45) is 11.8 Å². The van der Waals surface area contributed by atoms with Crippen molar-refractivity contribution in [3.8, 4) is 0 Å². The number of nitrogens with zero attached hydrogens (tertiary/aromatic N) is 1. The van der Waals surface area contributed by atoms with Crippen molar-refractivity contribution >= 4 is 33.7 Å². The fourth-order valence-electron chi connectivity index (χ4n) is 3.58. The molecule has 0 unspecified atom stereocenters. The number of hydrogen-bond acceptors (Lipinski definition) is 4. The molecule has 0 spiro atoms. The summed E-state index contributed by atoms with van der Waals surface area (Å²) in [5.74, 6) is -2.37. The van der Waals surface area contributed by atoms with Crippen LogP contribution in [0.4, 0.5) is 4.39 Å². The highest BCUT2D eigenvalue weighted by Gasteiger charge is 2.51. The molecule has 3 atom stereocenters. The zero-order chi connectivity index (χ0) is 18.1. The predicted molar refractivity (Wildman–Crippen MR) is 90.7 cm³/mol. The number of esters is 1. The van der Waals surface area contributed by atoms with Crippen LogP contribution in [0.3, 0.4) is 0 Å². The number of hydrogen-bond donors (Lipinski definition) is 0. The fourth-order valence-corrected chi connectivity index (χ4v) is 3.92. The molecule has 1 saturated carbocycles. The number of halogens is 2. The number of carbonyl (C=O) groups is 3. The maximum Gasteiger partial charge on any atom is 0.329 e. The number of rotatable bonds is 4. The Bertz CT molecular complexity index is 699. The van der Waals surface area contributed by atoms with Crippen molar-refractivity contribution in [1.82, 2.24) is 4.90 Å². The van der Waals surface area contributed by atoms with Gasteiger partial charge in [0.15, 0.2) is 0 Å². The van der Waals surface area contributed by atoms with E-state index in [1.807, 2.05) is 0 Å². The second-order valence-electron chi connectivity index (χ2n) is 6.56. The van der Waals surface area contributed by atoms with Gasteiger partial charge in [-0.2, -0.15) is 0 Å². The summed E-state index contributed by atoms with van der Waals surface area (Å²) in [6, 6.07) is 3.45. The Hall–Kier alpha value is -1.76. The molecule has 0 bridgehead atoms. The van der Waals surface area contributed by atoms with E-state index >= 15 is 0 Å². The molecule has 2 fully saturated rings. The number of likely N-dealkylation sites (tertiary alicyclic amines) is 1. The van der Waals surface area contributed by atoms with Crippen LogP contribution in [0.15, 0.2) is 22.7 Å². The SMILES string of the molecule is C[C@@H](C(=O)OCc1ccc(Br)cc1F)N1C(=O)[C@H]2CCCC[C@H]2C1=O. The van der Waals surface area contributed by atoms with E-state index in [1.54, 1.807) is 6.07 Å². The Labute approximate surface area is 153 Å². The first-order valence-corrected chi connectivity index (χ1v) is 9.17. The summed E-state index contributed by atoms with van der Waals surface area (Å²) in [4.78, 5) is 38.3. The second-order valence-corrected chi connectivity index (χ2v) is 7.48. The standard InChI is InChI=1S/C18H19BrFNO4/c1-10(18(24)25-9-11-6-7-12(19)8-15(11)20)21-16(22)13-4-2-3-5-14(13)17(21)23/h6-8,10,13-14H,2-5,9H2,1H3/t10-,13-,14+/m0/s1. The lowest BCUT2D eigenvalue weighted by Gasteiger charge is -2.21. The van der Waals surface area contributed by atoms with Crippen LogP contribution in [0.5, 0.6) is 0 Å². The minimum atomic E-state index is -0.996. The average molecular weight is 412 g/mol. The summed E-state index contributed by atoms with van der Waals surface area (Å²) < 4.78 is 19.5. The molecule has 1 aliphatic heterocycles. The van der Waals surface area contributed by atoms with Gasteiger partial charge in [0.1, 0.15) is 18.5 Å². The van der Waals surface area contributed by atoms with Crippen LogP contribution in [-0.4, -0.2) is 28.7 Å². The molecule has 2 amide bonds. The molecule has 25 heavy (non-hydrogen) atoms. The number of imide groups is 1. The van der Waals surface area contributed by atoms with Crippen molar-refractivity contribution < 1.29 is 23.5 Å². The molecular formula is C18H19BrFNO4. The summed E-state index contributed by atoms with van der Waals surface area (Å²) in [6.07, 6.45) is 3.24. The Kier molecular flexibility index (Phi) is 5.22. The average Bonchev–Trinajstić information content (AvgIpc) is 2.85. The Morgan fingerprint density at radius 3 is 2.44 bits per heavy atom. The molecule has 1 aromatic carbocycles. The van der Waals surface area contributed by atoms with Crippen LogP contribution >= 0.6 is 15.9 Å². The van der Waals surface area contributed by atoms with Crippen LogP contribution in [0.25, 0.3) is 0 Å². The van der Waals surface area contributed by atoms with Gasteiger partial charge in [0.25, 0.3) is 0 Å². The van der Waals surface area contributed by atoms with E-state index in [0.717, 1.165) is 17.7 Å². The van der Waals surface area contributed by atoms with E-state index in [0.29, 0.717) is 17.3 Å². The molecule has 1 aliphatic carbocycles. The lowest BCUT2D eigenvalue weighted by atomic mass is 9.81. The fraction of sp³-hybridized carbons (Fsp3) is 0.500. The van der Waals surface area contributed by atoms with Gasteiger partial charge in [-0.15, -0.1) is 0 Å². The molecule has 5 nitrogen and oxygen atoms in total. The minimum Gasteiger partial charge on any atom is -0.459 e. The third kappa shape index (κ3) is 3.47. The minimum absolute atomic E-state index is 0.233. The van der Waals surface area contributed by atoms with Crippen LogP contribution in [0.1, 0.15) is 38.2 Å². The van der Waals surface area contributed by atoms with Gasteiger partial charge in [0, 0.05) is 10.0 Å². The highest BCUT2D eigenvalue weighted by atomic mass is 79.9. The molecule has 1 saturated heterocycles. The Morgan fingerprint density at radius 1 is 1.28 bits per heavy atom. The smallest absolute Gasteiger partial charge is 0.329 e. The molecule has 1 heterocycles. The molecule has 0 N–H and O–H groups in total. The zero-order valence-electron chi connectivity index (χ0n) is 13.8. The quantitative estimate of drug-likeness (QED) is 0.563. The summed E-state index contributed by atoms with van der Waals surface area (Å²) in [7, 11) is 0. The first-order chi connectivity index (χ1) is 11.9. The van der Waals surface area contributed by atoms with Crippen LogP contribution in [0, 0.1) is 17.7 Å². The number of carbonyl (C=O) groups excluding carboxylic acids is 3. The van der Waals surface area contributed by atoms with E-state index < -0.39 is 17.8 Å². The van der Waals surface area contributed by atoms with E-state index in [9.17, 15) is 18.8 Å². The molecule has 0 radical (unpaired) electrons. The number of benzene rings is 1. The summed E-state index contributed by atoms with van der Waals surface area (Å²) in [5, 5.41) is 0. The maximum absolute atomic E-state index is 13.8. The topological polar surface area (TPSA) is 63.7 Å². The van der Waals surface area contributed by atoms with Gasteiger partial charge < -0.3 is 4.74 Å². The van der Waals surface area contributed by atoms with E-state index in [-0.39, 0.29) is 35.8 Å². The van der Waals surface area contributed by atoms with Gasteiger partial charge in [0.2, 0.25) is 11.8 Å². The van der Waals surface area contributed by atoms with Gasteiger partial charge in [-0.3, -0.25) is 14.5 Å². The van der Waals surface area contributed by atoms with Gasteiger partial charge in [-0.05, 0) is 31.9 Å². The first kappa shape index (κ1) is 18.0. The van der Waals surface area contributed by atoms with Gasteiger partial charge >= 0.3 is 5.97 Å². The molecule has 2 aliphatic rings. The monoisotopic (exact) mass is 411 g/mol. The highest BCUT2D eigenvalue weighted by Crippen LogP contribution is 2.38. The lowest BCUT2D eigenvalue weighted by molar-refractivity contribution is -0.159. The summed E-state index contributed by atoms with van der Waals surface area (Å²) >= 11 is 3.16. The van der Waals surface area contributed by atoms with E-state index in [4.69, 9.17) is 4.74 Å². The second kappa shape index (κ2) is 7.23. The number of ether oxygens (including phenoxy) is 1. The summed E-state index contributed by atoms with van der Waals surface area (Å²) in [5.41, 5.74) is 0.233. The number of fused-ring (bicyclic) bond motifs is 1. The first-order valence-electron chi connectivity index (χ1n) is 8.37. The van der Waals surface area contributed by atoms with Crippen LogP contribution in [0.2, 0.25) is 0 Å².